The molecule has 1 atom stereocenters. The molecule has 0 amide bonds. The number of hydrogen-bond donors (Lipinski definition) is 1. The molecule has 0 aliphatic carbocycles. The summed E-state index contributed by atoms with van der Waals surface area (Å²) in [6.45, 7) is 1.88. The minimum atomic E-state index is -0.685. The van der Waals surface area contributed by atoms with Gasteiger partial charge in [0.2, 0.25) is 0 Å². The molecule has 0 bridgehead atoms. The van der Waals surface area contributed by atoms with Crippen LogP contribution in [0, 0.1) is 6.92 Å². The second-order valence-electron chi connectivity index (χ2n) is 3.25. The van der Waals surface area contributed by atoms with E-state index >= 15 is 0 Å². The van der Waals surface area contributed by atoms with Gasteiger partial charge in [0, 0.05) is 24.2 Å². The molecule has 0 spiro atoms. The van der Waals surface area contributed by atoms with Crippen molar-refractivity contribution in [1.29, 1.82) is 0 Å². The predicted octanol–water partition coefficient (Wildman–Crippen LogP) is 2.03. The van der Waals surface area contributed by atoms with E-state index in [2.05, 4.69) is 26.0 Å². The molecule has 0 aromatic carbocycles. The quantitative estimate of drug-likeness (QED) is 0.920. The van der Waals surface area contributed by atoms with E-state index < -0.39 is 6.10 Å². The Balaban J connectivity index is 2.35. The Morgan fingerprint density at radius 2 is 2.33 bits per heavy atom. The van der Waals surface area contributed by atoms with Gasteiger partial charge in [-0.15, -0.1) is 11.3 Å². The molecular formula is C9H10BrN3OS. The average Bonchev–Trinajstić information content (AvgIpc) is 2.71. The van der Waals surface area contributed by atoms with Crippen molar-refractivity contribution in [3.8, 4) is 0 Å². The third kappa shape index (κ3) is 2.11. The van der Waals surface area contributed by atoms with Crippen LogP contribution >= 0.6 is 27.3 Å². The molecular weight excluding hydrogens is 278 g/mol. The highest BCUT2D eigenvalue weighted by molar-refractivity contribution is 9.10. The first kappa shape index (κ1) is 10.8. The maximum Gasteiger partial charge on any atom is 0.134 e. The zero-order valence-corrected chi connectivity index (χ0v) is 10.7. The van der Waals surface area contributed by atoms with E-state index in [1.165, 1.54) is 11.3 Å². The van der Waals surface area contributed by atoms with E-state index in [0.29, 0.717) is 5.01 Å². The highest BCUT2D eigenvalue weighted by atomic mass is 79.9. The molecule has 15 heavy (non-hydrogen) atoms. The first-order valence-electron chi connectivity index (χ1n) is 4.37. The van der Waals surface area contributed by atoms with Crippen LogP contribution in [0.25, 0.3) is 0 Å². The van der Waals surface area contributed by atoms with E-state index in [1.807, 2.05) is 25.5 Å². The number of aromatic nitrogens is 3. The zero-order valence-electron chi connectivity index (χ0n) is 8.31. The lowest BCUT2D eigenvalue weighted by atomic mass is 10.1. The minimum absolute atomic E-state index is 0.679. The number of halogens is 1. The molecule has 2 aromatic heterocycles. The summed E-state index contributed by atoms with van der Waals surface area (Å²) in [6.07, 6.45) is 1.13. The Labute approximate surface area is 99.7 Å². The molecule has 0 radical (unpaired) electrons. The monoisotopic (exact) mass is 287 g/mol. The third-order valence-corrected chi connectivity index (χ3v) is 3.68. The van der Waals surface area contributed by atoms with Gasteiger partial charge in [-0.05, 0) is 22.9 Å². The van der Waals surface area contributed by atoms with Crippen molar-refractivity contribution in [1.82, 2.24) is 14.8 Å². The molecule has 1 N–H and O–H groups in total. The normalized spacial score (nSPS) is 13.1. The average molecular weight is 288 g/mol. The summed E-state index contributed by atoms with van der Waals surface area (Å²) < 4.78 is 2.44. The van der Waals surface area contributed by atoms with E-state index in [-0.39, 0.29) is 0 Å². The van der Waals surface area contributed by atoms with Gasteiger partial charge in [-0.3, -0.25) is 4.68 Å². The van der Waals surface area contributed by atoms with Crippen LogP contribution in [-0.2, 0) is 7.05 Å². The van der Waals surface area contributed by atoms with Crippen LogP contribution in [0.2, 0.25) is 0 Å². The Kier molecular flexibility index (Phi) is 2.90. The second kappa shape index (κ2) is 4.03. The lowest BCUT2D eigenvalue weighted by Crippen LogP contribution is -1.99. The van der Waals surface area contributed by atoms with Crippen molar-refractivity contribution in [2.45, 2.75) is 13.0 Å². The number of aliphatic hydroxyl groups is 1. The Morgan fingerprint density at radius 3 is 2.80 bits per heavy atom. The molecule has 80 valence electrons. The highest BCUT2D eigenvalue weighted by Gasteiger charge is 2.18. The van der Waals surface area contributed by atoms with Gasteiger partial charge < -0.3 is 5.11 Å². The summed E-state index contributed by atoms with van der Waals surface area (Å²) in [6, 6.07) is 0. The number of aryl methyl sites for hydroxylation is 2. The van der Waals surface area contributed by atoms with Crippen LogP contribution in [0.5, 0.6) is 0 Å². The van der Waals surface area contributed by atoms with Gasteiger partial charge in [0.15, 0.2) is 0 Å². The molecule has 2 rings (SSSR count). The summed E-state index contributed by atoms with van der Waals surface area (Å²) in [7, 11) is 1.83. The smallest absolute Gasteiger partial charge is 0.134 e. The summed E-state index contributed by atoms with van der Waals surface area (Å²) >= 11 is 4.69. The molecule has 0 aliphatic heterocycles. The van der Waals surface area contributed by atoms with Crippen LogP contribution < -0.4 is 0 Å². The van der Waals surface area contributed by atoms with Crippen molar-refractivity contribution < 1.29 is 5.11 Å². The molecule has 2 aromatic rings. The SMILES string of the molecule is Cc1nn(C)cc1C(O)c1nc(Br)cs1. The Morgan fingerprint density at radius 1 is 1.60 bits per heavy atom. The second-order valence-corrected chi connectivity index (χ2v) is 4.96. The number of nitrogens with zero attached hydrogens (tertiary/aromatic N) is 3. The molecule has 0 saturated carbocycles. The van der Waals surface area contributed by atoms with Crippen molar-refractivity contribution in [3.05, 3.63) is 32.4 Å². The van der Waals surface area contributed by atoms with E-state index in [9.17, 15) is 5.11 Å². The first-order valence-corrected chi connectivity index (χ1v) is 6.04. The van der Waals surface area contributed by atoms with Crippen LogP contribution in [0.4, 0.5) is 0 Å². The molecule has 1 unspecified atom stereocenters. The number of thiazole rings is 1. The van der Waals surface area contributed by atoms with Gasteiger partial charge in [0.25, 0.3) is 0 Å². The maximum atomic E-state index is 10.1. The van der Waals surface area contributed by atoms with E-state index in [1.54, 1.807) is 4.68 Å². The van der Waals surface area contributed by atoms with Crippen molar-refractivity contribution >= 4 is 27.3 Å². The summed E-state index contributed by atoms with van der Waals surface area (Å²) in [5.41, 5.74) is 1.63. The fourth-order valence-electron chi connectivity index (χ4n) is 1.41. The molecule has 0 aliphatic rings. The molecule has 0 saturated heterocycles. The zero-order chi connectivity index (χ0) is 11.0. The van der Waals surface area contributed by atoms with Gasteiger partial charge >= 0.3 is 0 Å². The third-order valence-electron chi connectivity index (χ3n) is 2.07. The van der Waals surface area contributed by atoms with Gasteiger partial charge in [-0.1, -0.05) is 0 Å². The molecule has 6 heteroatoms. The topological polar surface area (TPSA) is 50.9 Å². The lowest BCUT2D eigenvalue weighted by Gasteiger charge is -2.04. The molecule has 2 heterocycles. The van der Waals surface area contributed by atoms with Gasteiger partial charge in [-0.2, -0.15) is 5.10 Å². The van der Waals surface area contributed by atoms with Crippen molar-refractivity contribution in [2.75, 3.05) is 0 Å². The van der Waals surface area contributed by atoms with Gasteiger partial charge in [-0.25, -0.2) is 4.98 Å². The van der Waals surface area contributed by atoms with Crippen molar-refractivity contribution in [2.24, 2.45) is 7.05 Å². The summed E-state index contributed by atoms with van der Waals surface area (Å²) in [5, 5.41) is 16.8. The number of hydrogen-bond acceptors (Lipinski definition) is 4. The lowest BCUT2D eigenvalue weighted by molar-refractivity contribution is 0.219. The van der Waals surface area contributed by atoms with E-state index in [0.717, 1.165) is 15.9 Å². The van der Waals surface area contributed by atoms with Crippen molar-refractivity contribution in [3.63, 3.8) is 0 Å². The Hall–Kier alpha value is -0.720. The fourth-order valence-corrected chi connectivity index (χ4v) is 2.68. The van der Waals surface area contributed by atoms with Crippen LogP contribution in [0.3, 0.4) is 0 Å². The molecule has 4 nitrogen and oxygen atoms in total. The summed E-state index contributed by atoms with van der Waals surface area (Å²) in [5.74, 6) is 0. The summed E-state index contributed by atoms with van der Waals surface area (Å²) in [4.78, 5) is 4.19. The van der Waals surface area contributed by atoms with Crippen LogP contribution in [-0.4, -0.2) is 19.9 Å². The van der Waals surface area contributed by atoms with Crippen LogP contribution in [0.1, 0.15) is 22.4 Å². The number of aliphatic hydroxyl groups excluding tert-OH is 1. The van der Waals surface area contributed by atoms with Gasteiger partial charge in [0.1, 0.15) is 15.7 Å². The van der Waals surface area contributed by atoms with Gasteiger partial charge in [0.05, 0.1) is 5.69 Å². The van der Waals surface area contributed by atoms with Crippen LogP contribution in [0.15, 0.2) is 16.2 Å². The number of rotatable bonds is 2. The van der Waals surface area contributed by atoms with E-state index in [4.69, 9.17) is 0 Å². The Bertz CT molecular complexity index is 479. The minimum Gasteiger partial charge on any atom is -0.381 e. The predicted molar refractivity (Wildman–Crippen MR) is 61.8 cm³/mol. The molecule has 0 fully saturated rings. The largest absolute Gasteiger partial charge is 0.381 e. The fraction of sp³-hybridized carbons (Fsp3) is 0.333. The standard InChI is InChI=1S/C9H10BrN3OS/c1-5-6(3-13(2)12-5)8(14)9-11-7(10)4-15-9/h3-4,8,14H,1-2H3. The first-order chi connectivity index (χ1) is 7.08. The highest BCUT2D eigenvalue weighted by Crippen LogP contribution is 2.27. The maximum absolute atomic E-state index is 10.1.